The molecule has 7 heteroatoms. The lowest BCUT2D eigenvalue weighted by Gasteiger charge is -1.79. The van der Waals surface area contributed by atoms with Crippen molar-refractivity contribution in [2.45, 2.75) is 0 Å². The molecule has 7 heavy (non-hydrogen) atoms. The van der Waals surface area contributed by atoms with Crippen molar-refractivity contribution in [3.05, 3.63) is 0 Å². The highest BCUT2D eigenvalue weighted by Crippen LogP contribution is 1.74. The first-order chi connectivity index (χ1) is 2.56. The molecule has 46 valence electrons. The summed E-state index contributed by atoms with van der Waals surface area (Å²) in [5, 5.41) is 7.06. The molecular weight excluding hydrogens is 144 g/mol. The van der Waals surface area contributed by atoms with Gasteiger partial charge in [-0.2, -0.15) is 21.9 Å². The fourth-order valence-corrected chi connectivity index (χ4v) is 0. The smallest absolute Gasteiger partial charge is 0.262 e. The van der Waals surface area contributed by atoms with Crippen LogP contribution in [0.25, 0.3) is 0 Å². The second-order valence-corrected chi connectivity index (χ2v) is 1.51. The van der Waals surface area contributed by atoms with Crippen LogP contribution in [0.4, 0.5) is 0 Å². The third-order valence-electron chi connectivity index (χ3n) is 0.0942. The van der Waals surface area contributed by atoms with Gasteiger partial charge in [-0.05, 0) is 0 Å². The van der Waals surface area contributed by atoms with E-state index in [0.29, 0.717) is 0 Å². The van der Waals surface area contributed by atoms with Gasteiger partial charge in [-0.25, -0.2) is 5.26 Å². The summed E-state index contributed by atoms with van der Waals surface area (Å²) in [6.45, 7) is 0. The van der Waals surface area contributed by atoms with Gasteiger partial charge in [-0.15, -0.1) is 0 Å². The van der Waals surface area contributed by atoms with Crippen LogP contribution in [0.3, 0.4) is 0 Å². The topological polar surface area (TPSA) is 83.8 Å². The van der Waals surface area contributed by atoms with Crippen molar-refractivity contribution >= 4 is 23.9 Å². The molecule has 0 radical (unpaired) electrons. The van der Waals surface area contributed by atoms with Crippen molar-refractivity contribution in [1.82, 2.24) is 0 Å². The van der Waals surface area contributed by atoms with Crippen LogP contribution in [0.2, 0.25) is 0 Å². The minimum absolute atomic E-state index is 0. The van der Waals surface area contributed by atoms with E-state index in [0.717, 1.165) is 0 Å². The Morgan fingerprint density at radius 2 is 1.57 bits per heavy atom. The number of hydrogen-bond donors (Lipinski definition) is 2. The Morgan fingerprint density at radius 3 is 1.57 bits per heavy atom. The largest absolute Gasteiger partial charge is 0.423 e. The molecule has 0 spiro atoms. The lowest BCUT2D eigenvalue weighted by molar-refractivity contribution is -0.139. The lowest BCUT2D eigenvalue weighted by atomic mass is 15.0. The number of hydrogen-bond acceptors (Lipinski definition) is 4. The van der Waals surface area contributed by atoms with Gasteiger partial charge in [0.15, 0.2) is 0 Å². The molecule has 2 N–H and O–H groups in total. The van der Waals surface area contributed by atoms with Gasteiger partial charge in [0.25, 0.3) is 0 Å². The first-order valence-corrected chi connectivity index (χ1v) is 2.23. The molecule has 0 fully saturated rings. The third-order valence-corrected chi connectivity index (χ3v) is 0.283. The highest BCUT2D eigenvalue weighted by atomic mass is 32.3. The second-order valence-electron chi connectivity index (χ2n) is 0.502. The van der Waals surface area contributed by atoms with Crippen LogP contribution in [-0.4, -0.2) is 18.2 Å². The maximum absolute atomic E-state index is 9.08. The summed E-state index contributed by atoms with van der Waals surface area (Å²) in [7, 11) is -4.61. The fraction of sp³-hybridized carbons (Fsp3) is 0. The first-order valence-electron chi connectivity index (χ1n) is 0.865. The molecule has 0 aliphatic rings. The molecule has 0 aromatic heterocycles. The summed E-state index contributed by atoms with van der Waals surface area (Å²) in [5.74, 6) is 0. The summed E-state index contributed by atoms with van der Waals surface area (Å²) in [4.78, 5) is 0. The molecular formula is H4O5S2. The Balaban J connectivity index is 0. The summed E-state index contributed by atoms with van der Waals surface area (Å²) < 4.78 is 28.0. The van der Waals surface area contributed by atoms with E-state index in [2.05, 4.69) is 4.33 Å². The summed E-state index contributed by atoms with van der Waals surface area (Å²) in [6, 6.07) is 0. The minimum atomic E-state index is -4.61. The van der Waals surface area contributed by atoms with Crippen molar-refractivity contribution in [2.75, 3.05) is 0 Å². The maximum Gasteiger partial charge on any atom is 0.423 e. The molecule has 0 saturated carbocycles. The van der Waals surface area contributed by atoms with Gasteiger partial charge in [-0.1, -0.05) is 4.33 Å². The highest BCUT2D eigenvalue weighted by molar-refractivity contribution is 7.80. The zero-order valence-corrected chi connectivity index (χ0v) is 4.84. The van der Waals surface area contributed by atoms with Gasteiger partial charge < -0.3 is 0 Å². The van der Waals surface area contributed by atoms with E-state index in [-0.39, 0.29) is 13.5 Å². The quantitative estimate of drug-likeness (QED) is 0.294. The van der Waals surface area contributed by atoms with E-state index < -0.39 is 10.4 Å². The van der Waals surface area contributed by atoms with Crippen LogP contribution in [0, 0.1) is 0 Å². The normalized spacial score (nSPS) is 10.0. The van der Waals surface area contributed by atoms with E-state index >= 15 is 0 Å². The molecule has 0 saturated heterocycles. The number of rotatable bonds is 1. The molecule has 0 aliphatic heterocycles. The van der Waals surface area contributed by atoms with Gasteiger partial charge in [0.2, 0.25) is 0 Å². The molecule has 0 aliphatic carbocycles. The van der Waals surface area contributed by atoms with E-state index in [1.807, 2.05) is 0 Å². The van der Waals surface area contributed by atoms with Crippen LogP contribution in [-0.2, 0) is 14.7 Å². The molecule has 0 aromatic carbocycles. The van der Waals surface area contributed by atoms with Crippen molar-refractivity contribution in [1.29, 1.82) is 0 Å². The Morgan fingerprint density at radius 1 is 1.43 bits per heavy atom. The van der Waals surface area contributed by atoms with Crippen molar-refractivity contribution < 1.29 is 22.6 Å². The predicted octanol–water partition coefficient (Wildman–Crippen LogP) is -0.608. The summed E-state index contributed by atoms with van der Waals surface area (Å²) in [5.41, 5.74) is 0. The van der Waals surface area contributed by atoms with Gasteiger partial charge in [0.1, 0.15) is 0 Å². The predicted molar refractivity (Wildman–Crippen MR) is 25.6 cm³/mol. The zero-order chi connectivity index (χ0) is 5.21. The van der Waals surface area contributed by atoms with Gasteiger partial charge >= 0.3 is 10.4 Å². The van der Waals surface area contributed by atoms with Crippen LogP contribution in [0.15, 0.2) is 0 Å². The highest BCUT2D eigenvalue weighted by Gasteiger charge is 1.97. The third kappa shape index (κ3) is 10.7. The van der Waals surface area contributed by atoms with Crippen molar-refractivity contribution in [2.24, 2.45) is 0 Å². The minimum Gasteiger partial charge on any atom is -0.262 e. The van der Waals surface area contributed by atoms with Crippen molar-refractivity contribution in [3.8, 4) is 0 Å². The average Bonchev–Trinajstić information content (AvgIpc) is 1.35. The van der Waals surface area contributed by atoms with E-state index in [4.69, 9.17) is 18.2 Å². The van der Waals surface area contributed by atoms with Gasteiger partial charge in [-0.3, -0.25) is 4.55 Å². The molecule has 0 rings (SSSR count). The van der Waals surface area contributed by atoms with E-state index in [1.54, 1.807) is 0 Å². The fourth-order valence-electron chi connectivity index (χ4n) is 0. The molecule has 0 aromatic rings. The van der Waals surface area contributed by atoms with Crippen LogP contribution in [0.1, 0.15) is 0 Å². The van der Waals surface area contributed by atoms with Crippen molar-refractivity contribution in [3.63, 3.8) is 0 Å². The SMILES string of the molecule is O=S(=O)(O)OO.S. The van der Waals surface area contributed by atoms with Gasteiger partial charge in [0.05, 0.1) is 0 Å². The monoisotopic (exact) mass is 148 g/mol. The average molecular weight is 148 g/mol. The van der Waals surface area contributed by atoms with Crippen LogP contribution >= 0.6 is 13.5 Å². The van der Waals surface area contributed by atoms with E-state index in [1.165, 1.54) is 0 Å². The Kier molecular flexibility index (Phi) is 4.70. The molecule has 0 heterocycles. The lowest BCUT2D eigenvalue weighted by Crippen LogP contribution is -1.97. The molecule has 0 unspecified atom stereocenters. The van der Waals surface area contributed by atoms with E-state index in [9.17, 15) is 0 Å². The van der Waals surface area contributed by atoms with Gasteiger partial charge in [0, 0.05) is 0 Å². The Hall–Kier alpha value is 0.180. The second kappa shape index (κ2) is 3.22. The molecule has 0 atom stereocenters. The molecule has 0 amide bonds. The standard InChI is InChI=1S/H2O5S.H2S/c1-5-6(2,3)4;/h1H,(H,2,3,4);1H2. The van der Waals surface area contributed by atoms with Crippen LogP contribution in [0.5, 0.6) is 0 Å². The summed E-state index contributed by atoms with van der Waals surface area (Å²) in [6.07, 6.45) is 0. The first kappa shape index (κ1) is 10.2. The zero-order valence-electron chi connectivity index (χ0n) is 3.03. The Bertz CT molecular complexity index is 108. The summed E-state index contributed by atoms with van der Waals surface area (Å²) >= 11 is 0. The maximum atomic E-state index is 9.08. The van der Waals surface area contributed by atoms with Crippen LogP contribution < -0.4 is 0 Å². The molecule has 0 bridgehead atoms. The Labute approximate surface area is 47.2 Å². The molecule has 5 nitrogen and oxygen atoms in total.